The maximum Gasteiger partial charge on any atom is 0.251 e. The number of hydrogen-bond acceptors (Lipinski definition) is 4. The van der Waals surface area contributed by atoms with Crippen molar-refractivity contribution in [2.75, 3.05) is 5.75 Å². The monoisotopic (exact) mass is 279 g/mol. The molecule has 1 aliphatic heterocycles. The highest BCUT2D eigenvalue weighted by Gasteiger charge is 2.54. The minimum atomic E-state index is -0.672. The quantitative estimate of drug-likeness (QED) is 0.748. The third kappa shape index (κ3) is 2.16. The van der Waals surface area contributed by atoms with Crippen LogP contribution in [-0.2, 0) is 0 Å². The minimum Gasteiger partial charge on any atom is -0.392 e. The van der Waals surface area contributed by atoms with Crippen LogP contribution >= 0.6 is 11.8 Å². The fourth-order valence-electron chi connectivity index (χ4n) is 2.91. The lowest BCUT2D eigenvalue weighted by Crippen LogP contribution is -2.61. The van der Waals surface area contributed by atoms with Crippen molar-refractivity contribution in [1.29, 1.82) is 0 Å². The van der Waals surface area contributed by atoms with E-state index in [0.29, 0.717) is 24.2 Å². The summed E-state index contributed by atoms with van der Waals surface area (Å²) in [6.07, 6.45) is 0.111. The molecule has 1 amide bonds. The first-order chi connectivity index (χ1) is 9.12. The molecule has 3 rings (SSSR count). The van der Waals surface area contributed by atoms with E-state index in [9.17, 15) is 15.0 Å². The Morgan fingerprint density at radius 2 is 2.05 bits per heavy atom. The van der Waals surface area contributed by atoms with Gasteiger partial charge < -0.3 is 15.5 Å². The molecule has 0 radical (unpaired) electrons. The van der Waals surface area contributed by atoms with E-state index < -0.39 is 17.7 Å². The highest BCUT2D eigenvalue weighted by molar-refractivity contribution is 8.00. The predicted molar refractivity (Wildman–Crippen MR) is 74.1 cm³/mol. The Bertz CT molecular complexity index is 481. The lowest BCUT2D eigenvalue weighted by Gasteiger charge is -2.39. The van der Waals surface area contributed by atoms with Crippen LogP contribution in [0.5, 0.6) is 0 Å². The molecule has 0 unspecified atom stereocenters. The number of benzene rings is 1. The number of nitrogens with one attached hydrogen (secondary N) is 1. The van der Waals surface area contributed by atoms with Crippen LogP contribution in [0.4, 0.5) is 0 Å². The Hall–Kier alpha value is -1.04. The number of thioether (sulfide) groups is 1. The molecule has 19 heavy (non-hydrogen) atoms. The third-order valence-electron chi connectivity index (χ3n) is 4.07. The van der Waals surface area contributed by atoms with Crippen LogP contribution in [0.3, 0.4) is 0 Å². The zero-order valence-corrected chi connectivity index (χ0v) is 11.3. The normalized spacial score (nSPS) is 37.1. The predicted octanol–water partition coefficient (Wildman–Crippen LogP) is 0.786. The lowest BCUT2D eigenvalue weighted by atomic mass is 9.79. The Labute approximate surface area is 116 Å². The topological polar surface area (TPSA) is 69.6 Å². The van der Waals surface area contributed by atoms with Crippen molar-refractivity contribution in [3.05, 3.63) is 35.9 Å². The molecule has 4 atom stereocenters. The van der Waals surface area contributed by atoms with Gasteiger partial charge in [-0.05, 0) is 25.0 Å². The molecule has 1 saturated heterocycles. The number of hydrogen-bond donors (Lipinski definition) is 3. The van der Waals surface area contributed by atoms with Gasteiger partial charge >= 0.3 is 0 Å². The summed E-state index contributed by atoms with van der Waals surface area (Å²) in [5.74, 6) is 0.506. The first kappa shape index (κ1) is 13.0. The van der Waals surface area contributed by atoms with Gasteiger partial charge in [0.15, 0.2) is 0 Å². The highest BCUT2D eigenvalue weighted by Crippen LogP contribution is 2.45. The molecule has 3 N–H and O–H groups in total. The van der Waals surface area contributed by atoms with Crippen LogP contribution in [0.25, 0.3) is 0 Å². The molecule has 1 aliphatic carbocycles. The van der Waals surface area contributed by atoms with Crippen LogP contribution in [0.15, 0.2) is 30.3 Å². The molecule has 2 bridgehead atoms. The van der Waals surface area contributed by atoms with Gasteiger partial charge in [-0.25, -0.2) is 0 Å². The second kappa shape index (κ2) is 4.81. The van der Waals surface area contributed by atoms with E-state index in [1.807, 2.05) is 18.2 Å². The second-order valence-electron chi connectivity index (χ2n) is 5.30. The molecular formula is C14H17NO3S. The van der Waals surface area contributed by atoms with Crippen LogP contribution in [0.2, 0.25) is 0 Å². The SMILES string of the molecule is O=C(N[C@@]12CC[C@@H](O)[C@@H](SC1)[C@@H]2O)c1ccccc1. The molecule has 0 spiro atoms. The third-order valence-corrected chi connectivity index (χ3v) is 5.71. The molecule has 2 aliphatic rings. The van der Waals surface area contributed by atoms with Crippen LogP contribution < -0.4 is 5.32 Å². The van der Waals surface area contributed by atoms with Gasteiger partial charge in [-0.15, -0.1) is 0 Å². The minimum absolute atomic E-state index is 0.155. The van der Waals surface area contributed by atoms with Crippen LogP contribution in [-0.4, -0.2) is 44.9 Å². The van der Waals surface area contributed by atoms with Gasteiger partial charge in [0.2, 0.25) is 0 Å². The van der Waals surface area contributed by atoms with E-state index in [1.54, 1.807) is 23.9 Å². The number of amides is 1. The van der Waals surface area contributed by atoms with Crippen molar-refractivity contribution in [1.82, 2.24) is 5.32 Å². The number of aliphatic hydroxyl groups is 2. The fraction of sp³-hybridized carbons (Fsp3) is 0.500. The molecule has 1 aromatic carbocycles. The van der Waals surface area contributed by atoms with E-state index in [-0.39, 0.29) is 11.2 Å². The average Bonchev–Trinajstić information content (AvgIpc) is 2.64. The first-order valence-corrected chi connectivity index (χ1v) is 7.53. The van der Waals surface area contributed by atoms with E-state index in [2.05, 4.69) is 5.32 Å². The number of carbonyl (C=O) groups excluding carboxylic acids is 1. The average molecular weight is 279 g/mol. The van der Waals surface area contributed by atoms with Crippen LogP contribution in [0, 0.1) is 0 Å². The van der Waals surface area contributed by atoms with Gasteiger partial charge in [0.05, 0.1) is 23.0 Å². The molecule has 1 saturated carbocycles. The number of aliphatic hydroxyl groups excluding tert-OH is 2. The van der Waals surface area contributed by atoms with Gasteiger partial charge in [0, 0.05) is 11.3 Å². The van der Waals surface area contributed by atoms with Crippen molar-refractivity contribution in [2.45, 2.75) is 35.8 Å². The zero-order valence-electron chi connectivity index (χ0n) is 10.5. The number of fused-ring (bicyclic) bond motifs is 2. The van der Waals surface area contributed by atoms with Crippen molar-refractivity contribution in [3.63, 3.8) is 0 Å². The maximum absolute atomic E-state index is 12.2. The zero-order chi connectivity index (χ0) is 13.5. The molecule has 5 heteroatoms. The van der Waals surface area contributed by atoms with Crippen molar-refractivity contribution in [3.8, 4) is 0 Å². The molecule has 0 aromatic heterocycles. The standard InChI is InChI=1S/C14H17NO3S/c16-10-6-7-14(8-19-11(10)12(14)17)15-13(18)9-4-2-1-3-5-9/h1-5,10-12,16-17H,6-8H2,(H,15,18)/t10-,11-,12+,14+/m1/s1. The molecule has 4 nitrogen and oxygen atoms in total. The summed E-state index contributed by atoms with van der Waals surface area (Å²) in [6.45, 7) is 0. The van der Waals surface area contributed by atoms with E-state index >= 15 is 0 Å². The summed E-state index contributed by atoms with van der Waals surface area (Å²) in [7, 11) is 0. The maximum atomic E-state index is 12.2. The summed E-state index contributed by atoms with van der Waals surface area (Å²) in [5.41, 5.74) is 0.0187. The van der Waals surface area contributed by atoms with Crippen molar-refractivity contribution in [2.24, 2.45) is 0 Å². The Morgan fingerprint density at radius 3 is 2.79 bits per heavy atom. The summed E-state index contributed by atoms with van der Waals surface area (Å²) >= 11 is 1.55. The highest BCUT2D eigenvalue weighted by atomic mass is 32.2. The van der Waals surface area contributed by atoms with Crippen molar-refractivity contribution >= 4 is 17.7 Å². The van der Waals surface area contributed by atoms with Gasteiger partial charge in [0.25, 0.3) is 5.91 Å². The molecule has 1 heterocycles. The van der Waals surface area contributed by atoms with Gasteiger partial charge in [0.1, 0.15) is 0 Å². The summed E-state index contributed by atoms with van der Waals surface area (Å²) < 4.78 is 0. The summed E-state index contributed by atoms with van der Waals surface area (Å²) in [5, 5.41) is 23.0. The molecular weight excluding hydrogens is 262 g/mol. The van der Waals surface area contributed by atoms with E-state index in [4.69, 9.17) is 0 Å². The van der Waals surface area contributed by atoms with Gasteiger partial charge in [-0.2, -0.15) is 11.8 Å². The Balaban J connectivity index is 1.78. The van der Waals surface area contributed by atoms with E-state index in [0.717, 1.165) is 0 Å². The lowest BCUT2D eigenvalue weighted by molar-refractivity contribution is -0.00240. The second-order valence-corrected chi connectivity index (χ2v) is 6.47. The number of rotatable bonds is 2. The number of carbonyl (C=O) groups is 1. The van der Waals surface area contributed by atoms with Crippen molar-refractivity contribution < 1.29 is 15.0 Å². The fourth-order valence-corrected chi connectivity index (χ4v) is 4.59. The smallest absolute Gasteiger partial charge is 0.251 e. The van der Waals surface area contributed by atoms with Gasteiger partial charge in [-0.1, -0.05) is 18.2 Å². The Morgan fingerprint density at radius 1 is 1.32 bits per heavy atom. The molecule has 102 valence electrons. The first-order valence-electron chi connectivity index (χ1n) is 6.48. The van der Waals surface area contributed by atoms with Gasteiger partial charge in [-0.3, -0.25) is 4.79 Å². The molecule has 1 aromatic rings. The van der Waals surface area contributed by atoms with Crippen LogP contribution in [0.1, 0.15) is 23.2 Å². The largest absolute Gasteiger partial charge is 0.392 e. The Kier molecular flexibility index (Phi) is 3.28. The summed E-state index contributed by atoms with van der Waals surface area (Å²) in [6, 6.07) is 9.02. The van der Waals surface area contributed by atoms with E-state index in [1.165, 1.54) is 0 Å². The molecule has 2 fully saturated rings. The summed E-state index contributed by atoms with van der Waals surface area (Å²) in [4.78, 5) is 12.2.